The molecule has 24 heavy (non-hydrogen) atoms. The van der Waals surface area contributed by atoms with Crippen LogP contribution in [0.2, 0.25) is 0 Å². The maximum Gasteiger partial charge on any atom is 0.343 e. The Balaban J connectivity index is 1.81. The van der Waals surface area contributed by atoms with E-state index >= 15 is 0 Å². The van der Waals surface area contributed by atoms with Gasteiger partial charge < -0.3 is 14.6 Å². The van der Waals surface area contributed by atoms with E-state index in [4.69, 9.17) is 9.47 Å². The molecule has 0 radical (unpaired) electrons. The number of phenols is 1. The summed E-state index contributed by atoms with van der Waals surface area (Å²) in [6.45, 7) is 5.14. The lowest BCUT2D eigenvalue weighted by Gasteiger charge is -2.10. The van der Waals surface area contributed by atoms with Crippen molar-refractivity contribution < 1.29 is 19.4 Å². The number of hydrogen-bond donors (Lipinski definition) is 1. The average Bonchev–Trinajstić information content (AvgIpc) is 2.60. The average molecular weight is 328 g/mol. The highest BCUT2D eigenvalue weighted by Gasteiger charge is 2.08. The number of rotatable bonds is 8. The molecule has 0 saturated carbocycles. The number of aromatic hydroxyl groups is 1. The summed E-state index contributed by atoms with van der Waals surface area (Å²) >= 11 is 0. The highest BCUT2D eigenvalue weighted by Crippen LogP contribution is 2.20. The summed E-state index contributed by atoms with van der Waals surface area (Å²) in [7, 11) is 0. The van der Waals surface area contributed by atoms with Gasteiger partial charge >= 0.3 is 5.97 Å². The van der Waals surface area contributed by atoms with Gasteiger partial charge in [-0.1, -0.05) is 20.3 Å². The van der Waals surface area contributed by atoms with Crippen LogP contribution in [-0.2, 0) is 0 Å². The predicted octanol–water partition coefficient (Wildman–Crippen LogP) is 4.82. The van der Waals surface area contributed by atoms with Crippen molar-refractivity contribution in [2.45, 2.75) is 33.1 Å². The maximum atomic E-state index is 12.0. The first kappa shape index (κ1) is 17.9. The summed E-state index contributed by atoms with van der Waals surface area (Å²) < 4.78 is 11.0. The Kier molecular flexibility index (Phi) is 6.67. The zero-order valence-corrected chi connectivity index (χ0v) is 14.2. The topological polar surface area (TPSA) is 55.8 Å². The molecule has 0 heterocycles. The van der Waals surface area contributed by atoms with E-state index in [1.165, 1.54) is 37.1 Å². The minimum atomic E-state index is -0.461. The Morgan fingerprint density at radius 2 is 1.67 bits per heavy atom. The molecule has 0 amide bonds. The number of phenolic OH excluding ortho intramolecular Hbond substituents is 1. The molecule has 0 saturated heterocycles. The molecule has 4 nitrogen and oxygen atoms in total. The van der Waals surface area contributed by atoms with E-state index in [0.717, 1.165) is 18.1 Å². The molecule has 0 bridgehead atoms. The fraction of sp³-hybridized carbons (Fsp3) is 0.350. The lowest BCUT2D eigenvalue weighted by Crippen LogP contribution is -2.08. The Bertz CT molecular complexity index is 632. The third kappa shape index (κ3) is 5.61. The van der Waals surface area contributed by atoms with Gasteiger partial charge in [0.15, 0.2) is 0 Å². The summed E-state index contributed by atoms with van der Waals surface area (Å²) in [5.41, 5.74) is 0.387. The van der Waals surface area contributed by atoms with Crippen molar-refractivity contribution in [1.29, 1.82) is 0 Å². The standard InChI is InChI=1S/C20H24O4/c1-3-15(2)5-4-14-23-18-10-12-19(13-11-18)24-20(22)16-6-8-17(21)9-7-16/h6-13,15,21H,3-5,14H2,1-2H3. The summed E-state index contributed by atoms with van der Waals surface area (Å²) in [6, 6.07) is 13.0. The normalized spacial score (nSPS) is 11.8. The number of benzene rings is 2. The van der Waals surface area contributed by atoms with Crippen molar-refractivity contribution in [2.24, 2.45) is 5.92 Å². The van der Waals surface area contributed by atoms with Crippen LogP contribution in [0.25, 0.3) is 0 Å². The van der Waals surface area contributed by atoms with Gasteiger partial charge in [-0.3, -0.25) is 0 Å². The smallest absolute Gasteiger partial charge is 0.343 e. The lowest BCUT2D eigenvalue weighted by molar-refractivity contribution is 0.0734. The molecule has 0 fully saturated rings. The zero-order valence-electron chi connectivity index (χ0n) is 14.2. The Labute approximate surface area is 143 Å². The number of hydrogen-bond acceptors (Lipinski definition) is 4. The Morgan fingerprint density at radius 1 is 1.04 bits per heavy atom. The molecule has 0 aliphatic rings. The van der Waals surface area contributed by atoms with Crippen LogP contribution >= 0.6 is 0 Å². The van der Waals surface area contributed by atoms with Gasteiger partial charge in [0.05, 0.1) is 12.2 Å². The number of esters is 1. The third-order valence-corrected chi connectivity index (χ3v) is 3.94. The van der Waals surface area contributed by atoms with E-state index < -0.39 is 5.97 Å². The summed E-state index contributed by atoms with van der Waals surface area (Å²) in [4.78, 5) is 12.0. The van der Waals surface area contributed by atoms with Crippen LogP contribution in [0.5, 0.6) is 17.2 Å². The van der Waals surface area contributed by atoms with Crippen molar-refractivity contribution >= 4 is 5.97 Å². The molecule has 0 aliphatic carbocycles. The zero-order chi connectivity index (χ0) is 17.4. The first-order chi connectivity index (χ1) is 11.6. The quantitative estimate of drug-likeness (QED) is 0.429. The van der Waals surface area contributed by atoms with Gasteiger partial charge in [-0.15, -0.1) is 0 Å². The molecule has 2 aromatic rings. The van der Waals surface area contributed by atoms with Crippen molar-refractivity contribution in [2.75, 3.05) is 6.61 Å². The number of ether oxygens (including phenoxy) is 2. The minimum Gasteiger partial charge on any atom is -0.508 e. The van der Waals surface area contributed by atoms with Gasteiger partial charge in [0.1, 0.15) is 17.2 Å². The van der Waals surface area contributed by atoms with Crippen molar-refractivity contribution in [3.8, 4) is 17.2 Å². The molecule has 2 aromatic carbocycles. The first-order valence-electron chi connectivity index (χ1n) is 8.32. The van der Waals surface area contributed by atoms with E-state index in [1.54, 1.807) is 24.3 Å². The third-order valence-electron chi connectivity index (χ3n) is 3.94. The molecule has 4 heteroatoms. The monoisotopic (exact) mass is 328 g/mol. The minimum absolute atomic E-state index is 0.112. The molecular weight excluding hydrogens is 304 g/mol. The largest absolute Gasteiger partial charge is 0.508 e. The molecule has 0 aromatic heterocycles. The highest BCUT2D eigenvalue weighted by molar-refractivity contribution is 5.91. The predicted molar refractivity (Wildman–Crippen MR) is 93.7 cm³/mol. The fourth-order valence-electron chi connectivity index (χ4n) is 2.19. The molecule has 1 unspecified atom stereocenters. The molecule has 1 N–H and O–H groups in total. The van der Waals surface area contributed by atoms with Crippen LogP contribution in [0, 0.1) is 5.92 Å². The molecule has 128 valence electrons. The van der Waals surface area contributed by atoms with Crippen LogP contribution < -0.4 is 9.47 Å². The second-order valence-corrected chi connectivity index (χ2v) is 5.91. The van der Waals surface area contributed by atoms with E-state index in [-0.39, 0.29) is 5.75 Å². The molecule has 0 spiro atoms. The van der Waals surface area contributed by atoms with Crippen LogP contribution in [-0.4, -0.2) is 17.7 Å². The van der Waals surface area contributed by atoms with Crippen LogP contribution in [0.3, 0.4) is 0 Å². The molecule has 2 rings (SSSR count). The Hall–Kier alpha value is -2.49. The maximum absolute atomic E-state index is 12.0. The summed E-state index contributed by atoms with van der Waals surface area (Å²) in [5, 5.41) is 9.23. The van der Waals surface area contributed by atoms with Crippen LogP contribution in [0.15, 0.2) is 48.5 Å². The van der Waals surface area contributed by atoms with Crippen molar-refractivity contribution in [1.82, 2.24) is 0 Å². The van der Waals surface area contributed by atoms with E-state index in [1.807, 2.05) is 0 Å². The van der Waals surface area contributed by atoms with Gasteiger partial charge in [-0.05, 0) is 67.3 Å². The highest BCUT2D eigenvalue weighted by atomic mass is 16.5. The van der Waals surface area contributed by atoms with Gasteiger partial charge in [-0.2, -0.15) is 0 Å². The second kappa shape index (κ2) is 8.96. The Morgan fingerprint density at radius 3 is 2.29 bits per heavy atom. The molecular formula is C20H24O4. The van der Waals surface area contributed by atoms with Crippen LogP contribution in [0.4, 0.5) is 0 Å². The van der Waals surface area contributed by atoms with Gasteiger partial charge in [-0.25, -0.2) is 4.79 Å². The van der Waals surface area contributed by atoms with Crippen LogP contribution in [0.1, 0.15) is 43.5 Å². The summed E-state index contributed by atoms with van der Waals surface area (Å²) in [5.74, 6) is 1.61. The van der Waals surface area contributed by atoms with Crippen molar-refractivity contribution in [3.63, 3.8) is 0 Å². The number of carbonyl (C=O) groups excluding carboxylic acids is 1. The first-order valence-corrected chi connectivity index (χ1v) is 8.32. The molecule has 1 atom stereocenters. The fourth-order valence-corrected chi connectivity index (χ4v) is 2.19. The van der Waals surface area contributed by atoms with E-state index in [2.05, 4.69) is 13.8 Å². The summed E-state index contributed by atoms with van der Waals surface area (Å²) in [6.07, 6.45) is 3.40. The van der Waals surface area contributed by atoms with Gasteiger partial charge in [0, 0.05) is 0 Å². The molecule has 0 aliphatic heterocycles. The lowest BCUT2D eigenvalue weighted by atomic mass is 10.0. The van der Waals surface area contributed by atoms with Gasteiger partial charge in [0.2, 0.25) is 0 Å². The number of carbonyl (C=O) groups is 1. The van der Waals surface area contributed by atoms with E-state index in [9.17, 15) is 9.90 Å². The van der Waals surface area contributed by atoms with Gasteiger partial charge in [0.25, 0.3) is 0 Å². The second-order valence-electron chi connectivity index (χ2n) is 5.91. The SMILES string of the molecule is CCC(C)CCCOc1ccc(OC(=O)c2ccc(O)cc2)cc1. The van der Waals surface area contributed by atoms with E-state index in [0.29, 0.717) is 17.9 Å². The van der Waals surface area contributed by atoms with Crippen molar-refractivity contribution in [3.05, 3.63) is 54.1 Å².